The topological polar surface area (TPSA) is 109 Å². The second-order valence-corrected chi connectivity index (χ2v) is 10.1. The van der Waals surface area contributed by atoms with Crippen molar-refractivity contribution in [2.75, 3.05) is 11.9 Å². The van der Waals surface area contributed by atoms with Gasteiger partial charge in [0.25, 0.3) is 0 Å². The van der Waals surface area contributed by atoms with Crippen molar-refractivity contribution in [3.63, 3.8) is 0 Å². The molecule has 2 aromatic carbocycles. The highest BCUT2D eigenvalue weighted by molar-refractivity contribution is 5.89. The average Bonchev–Trinajstić information content (AvgIpc) is 3.51. The summed E-state index contributed by atoms with van der Waals surface area (Å²) in [6.45, 7) is 1.77. The summed E-state index contributed by atoms with van der Waals surface area (Å²) in [6, 6.07) is 15.4. The molecule has 1 saturated carbocycles. The maximum Gasteiger partial charge on any atom is 0.319 e. The standard InChI is InChI=1S/C28H35N3O5/c1-17(18-7-3-2-4-8-18)29-26(33)15-21-14-23-22-13-20(31-28(34)30-19-9-5-6-10-19)11-12-24(22)36-27(23)25(16-32)35-21/h2-4,7-8,11-13,17,19,21,23,25,27,32H,5-6,9-10,14-16H2,1H3,(H,29,33)(H2,30,31,34)/t17-,21+,23-,25+,27+/m1/s1. The minimum absolute atomic E-state index is 0.0325. The number of aliphatic hydroxyl groups excluding tert-OH is 1. The maximum absolute atomic E-state index is 12.8. The molecular weight excluding hydrogens is 458 g/mol. The zero-order valence-electron chi connectivity index (χ0n) is 20.6. The van der Waals surface area contributed by atoms with E-state index in [4.69, 9.17) is 9.47 Å². The molecule has 3 amide bonds. The fraction of sp³-hybridized carbons (Fsp3) is 0.500. The van der Waals surface area contributed by atoms with Crippen molar-refractivity contribution in [2.24, 2.45) is 0 Å². The molecule has 4 N–H and O–H groups in total. The van der Waals surface area contributed by atoms with Crippen molar-refractivity contribution in [3.8, 4) is 5.75 Å². The molecule has 2 heterocycles. The Morgan fingerprint density at radius 3 is 2.64 bits per heavy atom. The second-order valence-electron chi connectivity index (χ2n) is 10.1. The highest BCUT2D eigenvalue weighted by Crippen LogP contribution is 2.47. The van der Waals surface area contributed by atoms with E-state index < -0.39 is 6.10 Å². The summed E-state index contributed by atoms with van der Waals surface area (Å²) in [7, 11) is 0. The highest BCUT2D eigenvalue weighted by Gasteiger charge is 2.46. The second kappa shape index (κ2) is 10.9. The minimum Gasteiger partial charge on any atom is -0.487 e. The number of amides is 3. The van der Waals surface area contributed by atoms with Gasteiger partial charge in [-0.1, -0.05) is 43.2 Å². The van der Waals surface area contributed by atoms with Crippen LogP contribution in [0.1, 0.15) is 68.5 Å². The smallest absolute Gasteiger partial charge is 0.319 e. The number of aliphatic hydroxyl groups is 1. The van der Waals surface area contributed by atoms with Crippen LogP contribution in [-0.4, -0.2) is 48.0 Å². The molecule has 2 aromatic rings. The number of rotatable bonds is 7. The summed E-state index contributed by atoms with van der Waals surface area (Å²) >= 11 is 0. The summed E-state index contributed by atoms with van der Waals surface area (Å²) < 4.78 is 12.2. The van der Waals surface area contributed by atoms with E-state index in [0.29, 0.717) is 12.1 Å². The lowest BCUT2D eigenvalue weighted by Crippen LogP contribution is -2.47. The van der Waals surface area contributed by atoms with E-state index in [0.717, 1.165) is 42.6 Å². The van der Waals surface area contributed by atoms with Crippen LogP contribution in [0.3, 0.4) is 0 Å². The first-order valence-electron chi connectivity index (χ1n) is 13.0. The molecule has 1 saturated heterocycles. The van der Waals surface area contributed by atoms with Crippen molar-refractivity contribution >= 4 is 17.6 Å². The molecule has 3 aliphatic rings. The molecule has 0 bridgehead atoms. The number of carbonyl (C=O) groups excluding carboxylic acids is 2. The molecule has 5 atom stereocenters. The van der Waals surface area contributed by atoms with Crippen LogP contribution in [0.2, 0.25) is 0 Å². The molecule has 8 nitrogen and oxygen atoms in total. The number of hydrogen-bond acceptors (Lipinski definition) is 5. The predicted octanol–water partition coefficient (Wildman–Crippen LogP) is 4.01. The van der Waals surface area contributed by atoms with E-state index in [1.807, 2.05) is 55.5 Å². The van der Waals surface area contributed by atoms with Gasteiger partial charge in [-0.2, -0.15) is 0 Å². The highest BCUT2D eigenvalue weighted by atomic mass is 16.6. The van der Waals surface area contributed by atoms with Crippen LogP contribution < -0.4 is 20.7 Å². The number of fused-ring (bicyclic) bond motifs is 3. The summed E-state index contributed by atoms with van der Waals surface area (Å²) in [5.74, 6) is 0.608. The van der Waals surface area contributed by atoms with Crippen LogP contribution in [0, 0.1) is 0 Å². The van der Waals surface area contributed by atoms with Crippen LogP contribution in [0.15, 0.2) is 48.5 Å². The zero-order chi connectivity index (χ0) is 25.1. The van der Waals surface area contributed by atoms with Gasteiger partial charge in [0.15, 0.2) is 0 Å². The third kappa shape index (κ3) is 5.50. The van der Waals surface area contributed by atoms with Crippen molar-refractivity contribution in [2.45, 2.75) is 81.8 Å². The summed E-state index contributed by atoms with van der Waals surface area (Å²) in [4.78, 5) is 25.3. The first-order chi connectivity index (χ1) is 17.5. The van der Waals surface area contributed by atoms with E-state index in [1.165, 1.54) is 0 Å². The van der Waals surface area contributed by atoms with E-state index in [1.54, 1.807) is 0 Å². The maximum atomic E-state index is 12.8. The van der Waals surface area contributed by atoms with Crippen LogP contribution in [0.25, 0.3) is 0 Å². The Morgan fingerprint density at radius 1 is 1.11 bits per heavy atom. The number of benzene rings is 2. The molecule has 0 unspecified atom stereocenters. The Morgan fingerprint density at radius 2 is 1.89 bits per heavy atom. The van der Waals surface area contributed by atoms with Gasteiger partial charge in [0.05, 0.1) is 25.2 Å². The monoisotopic (exact) mass is 493 g/mol. The molecule has 0 spiro atoms. The number of ether oxygens (including phenoxy) is 2. The lowest BCUT2D eigenvalue weighted by molar-refractivity contribution is -0.142. The van der Waals surface area contributed by atoms with Gasteiger partial charge in [0.2, 0.25) is 5.91 Å². The fourth-order valence-electron chi connectivity index (χ4n) is 5.72. The Labute approximate surface area is 211 Å². The number of anilines is 1. The van der Waals surface area contributed by atoms with Crippen LogP contribution >= 0.6 is 0 Å². The molecule has 2 fully saturated rings. The quantitative estimate of drug-likeness (QED) is 0.466. The van der Waals surface area contributed by atoms with E-state index >= 15 is 0 Å². The molecule has 0 aromatic heterocycles. The third-order valence-corrected chi connectivity index (χ3v) is 7.54. The van der Waals surface area contributed by atoms with Crippen molar-refractivity contribution in [1.29, 1.82) is 0 Å². The average molecular weight is 494 g/mol. The van der Waals surface area contributed by atoms with Gasteiger partial charge in [-0.25, -0.2) is 4.79 Å². The SMILES string of the molecule is C[C@@H](NC(=O)C[C@@H]1C[C@@H]2c3cc(NC(=O)NC4CCCC4)ccc3O[C@@H]2[C@H](CO)O1)c1ccccc1. The minimum atomic E-state index is -0.525. The molecule has 36 heavy (non-hydrogen) atoms. The lowest BCUT2D eigenvalue weighted by Gasteiger charge is -2.37. The number of carbonyl (C=O) groups is 2. The van der Waals surface area contributed by atoms with Gasteiger partial charge < -0.3 is 30.5 Å². The molecule has 8 heteroatoms. The van der Waals surface area contributed by atoms with Crippen LogP contribution in [0.5, 0.6) is 5.75 Å². The summed E-state index contributed by atoms with van der Waals surface area (Å²) in [5.41, 5.74) is 2.72. The van der Waals surface area contributed by atoms with E-state index in [-0.39, 0.29) is 55.2 Å². The molecule has 192 valence electrons. The van der Waals surface area contributed by atoms with Crippen molar-refractivity contribution in [1.82, 2.24) is 10.6 Å². The fourth-order valence-corrected chi connectivity index (χ4v) is 5.72. The Kier molecular flexibility index (Phi) is 7.43. The first kappa shape index (κ1) is 24.6. The van der Waals surface area contributed by atoms with Gasteiger partial charge in [-0.05, 0) is 49.9 Å². The van der Waals surface area contributed by atoms with Crippen molar-refractivity contribution in [3.05, 3.63) is 59.7 Å². The van der Waals surface area contributed by atoms with Gasteiger partial charge in [-0.15, -0.1) is 0 Å². The molecular formula is C28H35N3O5. The Balaban J connectivity index is 1.23. The normalized spacial score (nSPS) is 25.8. The van der Waals surface area contributed by atoms with Gasteiger partial charge in [0, 0.05) is 23.2 Å². The Bertz CT molecular complexity index is 1070. The first-order valence-corrected chi connectivity index (χ1v) is 13.0. The lowest BCUT2D eigenvalue weighted by atomic mass is 9.84. The molecule has 0 radical (unpaired) electrons. The molecule has 2 aliphatic heterocycles. The largest absolute Gasteiger partial charge is 0.487 e. The van der Waals surface area contributed by atoms with Gasteiger partial charge in [0.1, 0.15) is 18.0 Å². The van der Waals surface area contributed by atoms with Crippen molar-refractivity contribution < 1.29 is 24.2 Å². The Hall–Kier alpha value is -3.10. The van der Waals surface area contributed by atoms with Gasteiger partial charge >= 0.3 is 6.03 Å². The van der Waals surface area contributed by atoms with E-state index in [2.05, 4.69) is 16.0 Å². The van der Waals surface area contributed by atoms with Crippen LogP contribution in [0.4, 0.5) is 10.5 Å². The van der Waals surface area contributed by atoms with E-state index in [9.17, 15) is 14.7 Å². The number of urea groups is 1. The molecule has 5 rings (SSSR count). The molecule has 1 aliphatic carbocycles. The van der Waals surface area contributed by atoms with Gasteiger partial charge in [-0.3, -0.25) is 4.79 Å². The third-order valence-electron chi connectivity index (χ3n) is 7.54. The van der Waals surface area contributed by atoms with Crippen LogP contribution in [-0.2, 0) is 9.53 Å². The summed E-state index contributed by atoms with van der Waals surface area (Å²) in [5, 5.41) is 19.0. The summed E-state index contributed by atoms with van der Waals surface area (Å²) in [6.07, 6.45) is 3.97. The predicted molar refractivity (Wildman–Crippen MR) is 136 cm³/mol. The zero-order valence-corrected chi connectivity index (χ0v) is 20.6. The number of hydrogen-bond donors (Lipinski definition) is 4. The number of nitrogens with one attached hydrogen (secondary N) is 3.